The molecular formula is C12H13N3O5. The third-order valence-corrected chi connectivity index (χ3v) is 2.79. The van der Waals surface area contributed by atoms with Gasteiger partial charge in [-0.2, -0.15) is 0 Å². The molecule has 1 fully saturated rings. The molecule has 8 heteroatoms. The topological polar surface area (TPSA) is 97.8 Å². The molecule has 8 nitrogen and oxygen atoms in total. The highest BCUT2D eigenvalue weighted by atomic mass is 16.5. The summed E-state index contributed by atoms with van der Waals surface area (Å²) in [5.74, 6) is -0.737. The molecule has 0 spiro atoms. The number of hydrogen-bond donors (Lipinski definition) is 1. The number of methoxy groups -OCH3 is 2. The van der Waals surface area contributed by atoms with Crippen molar-refractivity contribution in [2.45, 2.75) is 6.42 Å². The summed E-state index contributed by atoms with van der Waals surface area (Å²) in [6, 6.07) is 0.857. The maximum atomic E-state index is 11.8. The number of carbonyl (C=O) groups is 3. The Balaban J connectivity index is 2.40. The lowest BCUT2D eigenvalue weighted by atomic mass is 10.2. The lowest BCUT2D eigenvalue weighted by molar-refractivity contribution is -0.120. The molecule has 1 aromatic heterocycles. The molecule has 0 bridgehead atoms. The van der Waals surface area contributed by atoms with E-state index in [-0.39, 0.29) is 30.3 Å². The van der Waals surface area contributed by atoms with Crippen molar-refractivity contribution in [1.82, 2.24) is 10.3 Å². The monoisotopic (exact) mass is 279 g/mol. The quantitative estimate of drug-likeness (QED) is 0.800. The number of imide groups is 1. The van der Waals surface area contributed by atoms with Crippen LogP contribution in [0.4, 0.5) is 10.5 Å². The van der Waals surface area contributed by atoms with Gasteiger partial charge in [-0.1, -0.05) is 0 Å². The van der Waals surface area contributed by atoms with Crippen LogP contribution in [0.3, 0.4) is 0 Å². The Bertz CT molecular complexity index is 572. The van der Waals surface area contributed by atoms with E-state index >= 15 is 0 Å². The van der Waals surface area contributed by atoms with Crippen LogP contribution in [-0.4, -0.2) is 43.7 Å². The van der Waals surface area contributed by atoms with Crippen LogP contribution >= 0.6 is 0 Å². The molecule has 0 atom stereocenters. The molecule has 2 rings (SSSR count). The van der Waals surface area contributed by atoms with Crippen LogP contribution in [0.25, 0.3) is 0 Å². The van der Waals surface area contributed by atoms with E-state index < -0.39 is 12.0 Å². The summed E-state index contributed by atoms with van der Waals surface area (Å²) in [7, 11) is 2.65. The zero-order chi connectivity index (χ0) is 14.7. The Morgan fingerprint density at radius 3 is 2.75 bits per heavy atom. The van der Waals surface area contributed by atoms with Crippen LogP contribution < -0.4 is 15.0 Å². The van der Waals surface area contributed by atoms with Crippen molar-refractivity contribution < 1.29 is 23.9 Å². The zero-order valence-corrected chi connectivity index (χ0v) is 11.0. The molecule has 0 radical (unpaired) electrons. The predicted molar refractivity (Wildman–Crippen MR) is 67.6 cm³/mol. The van der Waals surface area contributed by atoms with Gasteiger partial charge in [0.2, 0.25) is 11.8 Å². The number of carbonyl (C=O) groups excluding carboxylic acids is 3. The summed E-state index contributed by atoms with van der Waals surface area (Å²) >= 11 is 0. The van der Waals surface area contributed by atoms with E-state index in [0.717, 1.165) is 0 Å². The number of urea groups is 1. The molecule has 0 saturated carbocycles. The Morgan fingerprint density at radius 1 is 1.40 bits per heavy atom. The zero-order valence-electron chi connectivity index (χ0n) is 11.0. The molecule has 2 heterocycles. The fourth-order valence-corrected chi connectivity index (χ4v) is 1.81. The Labute approximate surface area is 114 Å². The average molecular weight is 279 g/mol. The van der Waals surface area contributed by atoms with Crippen molar-refractivity contribution in [3.8, 4) is 5.88 Å². The summed E-state index contributed by atoms with van der Waals surface area (Å²) < 4.78 is 9.68. The van der Waals surface area contributed by atoms with Crippen LogP contribution in [0.1, 0.15) is 16.8 Å². The lowest BCUT2D eigenvalue weighted by Gasteiger charge is -2.27. The Morgan fingerprint density at radius 2 is 2.15 bits per heavy atom. The van der Waals surface area contributed by atoms with Gasteiger partial charge in [-0.05, 0) is 6.07 Å². The number of anilines is 1. The van der Waals surface area contributed by atoms with E-state index in [1.165, 1.54) is 31.4 Å². The van der Waals surface area contributed by atoms with Crippen LogP contribution in [0.15, 0.2) is 12.3 Å². The summed E-state index contributed by atoms with van der Waals surface area (Å²) in [6.45, 7) is 0.188. The van der Waals surface area contributed by atoms with Crippen LogP contribution in [-0.2, 0) is 9.53 Å². The van der Waals surface area contributed by atoms with Crippen molar-refractivity contribution in [3.63, 3.8) is 0 Å². The van der Waals surface area contributed by atoms with E-state index in [4.69, 9.17) is 4.74 Å². The second-order valence-electron chi connectivity index (χ2n) is 4.00. The first-order chi connectivity index (χ1) is 9.56. The highest BCUT2D eigenvalue weighted by Gasteiger charge is 2.27. The Kier molecular flexibility index (Phi) is 3.83. The molecule has 1 saturated heterocycles. The van der Waals surface area contributed by atoms with Crippen molar-refractivity contribution in [2.24, 2.45) is 0 Å². The first kappa shape index (κ1) is 13.8. The van der Waals surface area contributed by atoms with Crippen molar-refractivity contribution in [1.29, 1.82) is 0 Å². The number of ether oxygens (including phenoxy) is 2. The van der Waals surface area contributed by atoms with Gasteiger partial charge in [-0.25, -0.2) is 14.6 Å². The number of esters is 1. The molecule has 1 aromatic rings. The Hall–Kier alpha value is -2.64. The molecule has 1 aliphatic rings. The summed E-state index contributed by atoms with van der Waals surface area (Å²) in [4.78, 5) is 39.7. The van der Waals surface area contributed by atoms with Gasteiger partial charge < -0.3 is 9.47 Å². The van der Waals surface area contributed by atoms with Crippen LogP contribution in [0.2, 0.25) is 0 Å². The van der Waals surface area contributed by atoms with Gasteiger partial charge in [-0.3, -0.25) is 15.0 Å². The predicted octanol–water partition coefficient (Wildman–Crippen LogP) is 0.323. The van der Waals surface area contributed by atoms with E-state index in [9.17, 15) is 14.4 Å². The fraction of sp³-hybridized carbons (Fsp3) is 0.333. The molecule has 0 aliphatic carbocycles. The van der Waals surface area contributed by atoms with Gasteiger partial charge in [-0.15, -0.1) is 0 Å². The fourth-order valence-electron chi connectivity index (χ4n) is 1.81. The van der Waals surface area contributed by atoms with E-state index in [1.807, 2.05) is 0 Å². The number of aromatic nitrogens is 1. The number of nitrogens with zero attached hydrogens (tertiary/aromatic N) is 2. The maximum absolute atomic E-state index is 11.8. The normalized spacial score (nSPS) is 14.8. The van der Waals surface area contributed by atoms with Gasteiger partial charge in [0, 0.05) is 19.2 Å². The summed E-state index contributed by atoms with van der Waals surface area (Å²) in [5, 5.41) is 2.19. The number of rotatable bonds is 3. The van der Waals surface area contributed by atoms with E-state index in [1.54, 1.807) is 0 Å². The summed E-state index contributed by atoms with van der Waals surface area (Å²) in [5.41, 5.74) is 0.494. The van der Waals surface area contributed by atoms with Crippen LogP contribution in [0.5, 0.6) is 5.88 Å². The van der Waals surface area contributed by atoms with E-state index in [2.05, 4.69) is 15.0 Å². The first-order valence-corrected chi connectivity index (χ1v) is 5.80. The number of hydrogen-bond acceptors (Lipinski definition) is 6. The number of pyridine rings is 1. The molecule has 1 aliphatic heterocycles. The number of amides is 3. The number of nitrogens with one attached hydrogen (secondary N) is 1. The smallest absolute Gasteiger partial charge is 0.339 e. The first-order valence-electron chi connectivity index (χ1n) is 5.80. The largest absolute Gasteiger partial charge is 0.480 e. The van der Waals surface area contributed by atoms with Gasteiger partial charge in [0.1, 0.15) is 5.69 Å². The maximum Gasteiger partial charge on any atom is 0.339 e. The molecule has 1 N–H and O–H groups in total. The van der Waals surface area contributed by atoms with Crippen molar-refractivity contribution >= 4 is 23.6 Å². The van der Waals surface area contributed by atoms with Gasteiger partial charge >= 0.3 is 12.0 Å². The molecule has 3 amide bonds. The van der Waals surface area contributed by atoms with Crippen molar-refractivity contribution in [3.05, 3.63) is 17.8 Å². The average Bonchev–Trinajstić information content (AvgIpc) is 2.46. The minimum absolute atomic E-state index is 0.164. The lowest BCUT2D eigenvalue weighted by Crippen LogP contribution is -2.49. The molecule has 106 valence electrons. The van der Waals surface area contributed by atoms with Crippen molar-refractivity contribution in [2.75, 3.05) is 25.7 Å². The minimum atomic E-state index is -0.580. The SMILES string of the molecule is COC(=O)c1cnc(OC)c(N2CCC(=O)NC2=O)c1. The van der Waals surface area contributed by atoms with Gasteiger partial charge in [0.05, 0.1) is 19.8 Å². The van der Waals surface area contributed by atoms with Gasteiger partial charge in [0.15, 0.2) is 0 Å². The van der Waals surface area contributed by atoms with Gasteiger partial charge in [0.25, 0.3) is 0 Å². The summed E-state index contributed by atoms with van der Waals surface area (Å²) in [6.07, 6.45) is 1.46. The molecular weight excluding hydrogens is 266 g/mol. The van der Waals surface area contributed by atoms with E-state index in [0.29, 0.717) is 5.69 Å². The second-order valence-corrected chi connectivity index (χ2v) is 4.00. The molecule has 0 unspecified atom stereocenters. The van der Waals surface area contributed by atoms with Crippen LogP contribution in [0, 0.1) is 0 Å². The minimum Gasteiger partial charge on any atom is -0.480 e. The highest BCUT2D eigenvalue weighted by molar-refractivity contribution is 6.06. The molecule has 0 aromatic carbocycles. The second kappa shape index (κ2) is 5.55. The highest BCUT2D eigenvalue weighted by Crippen LogP contribution is 2.28. The third-order valence-electron chi connectivity index (χ3n) is 2.79. The standard InChI is InChI=1S/C12H13N3O5/c1-19-10-8(5-7(6-13-10)11(17)20-2)15-4-3-9(16)14-12(15)18/h5-6H,3-4H2,1-2H3,(H,14,16,18). The molecule has 20 heavy (non-hydrogen) atoms. The third kappa shape index (κ3) is 2.53.